The second-order valence-electron chi connectivity index (χ2n) is 3.21. The molecule has 1 aliphatic carbocycles. The Morgan fingerprint density at radius 1 is 1.44 bits per heavy atom. The molecule has 0 aromatic rings. The van der Waals surface area contributed by atoms with Gasteiger partial charge in [0.25, 0.3) is 0 Å². The highest BCUT2D eigenvalue weighted by Crippen LogP contribution is 2.18. The lowest BCUT2D eigenvalue weighted by Gasteiger charge is -2.03. The molecule has 0 spiro atoms. The first-order valence-corrected chi connectivity index (χ1v) is 5.05. The summed E-state index contributed by atoms with van der Waals surface area (Å²) in [4.78, 5) is 22.6. The van der Waals surface area contributed by atoms with Gasteiger partial charge in [-0.2, -0.15) is 0 Å². The van der Waals surface area contributed by atoms with E-state index in [0.29, 0.717) is 0 Å². The Morgan fingerprint density at radius 3 is 2.88 bits per heavy atom. The number of hydrogen-bond acceptors (Lipinski definition) is 3. The van der Waals surface area contributed by atoms with E-state index in [2.05, 4.69) is 4.74 Å². The number of Topliss-reactive ketones (excluding diaryl/α,β-unsaturated/α-hetero) is 1. The molecule has 0 N–H and O–H groups in total. The summed E-state index contributed by atoms with van der Waals surface area (Å²) in [6.07, 6.45) is 5.88. The highest BCUT2D eigenvalue weighted by atomic mass is 19.1. The molecule has 4 heteroatoms. The highest BCUT2D eigenvalue weighted by molar-refractivity contribution is 6.07. The maximum absolute atomic E-state index is 13.4. The smallest absolute Gasteiger partial charge is 0.313 e. The fourth-order valence-electron chi connectivity index (χ4n) is 1.28. The van der Waals surface area contributed by atoms with Gasteiger partial charge in [0.05, 0.1) is 6.61 Å². The number of carbonyl (C=O) groups is 2. The molecule has 0 aliphatic heterocycles. The molecule has 0 atom stereocenters. The van der Waals surface area contributed by atoms with Crippen molar-refractivity contribution in [3.05, 3.63) is 35.7 Å². The average Bonchev–Trinajstić information content (AvgIpc) is 2.43. The molecule has 0 aromatic carbocycles. The Kier molecular flexibility index (Phi) is 4.64. The van der Waals surface area contributed by atoms with Crippen molar-refractivity contribution in [2.45, 2.75) is 19.8 Å². The van der Waals surface area contributed by atoms with Gasteiger partial charge in [0.1, 0.15) is 12.2 Å². The third-order valence-electron chi connectivity index (χ3n) is 2.01. The zero-order valence-electron chi connectivity index (χ0n) is 9.03. The molecule has 0 unspecified atom stereocenters. The molecule has 0 amide bonds. The minimum atomic E-state index is -0.626. The molecular formula is C12H13FO3. The normalized spacial score (nSPS) is 14.9. The third-order valence-corrected chi connectivity index (χ3v) is 2.01. The van der Waals surface area contributed by atoms with Crippen LogP contribution in [-0.4, -0.2) is 18.4 Å². The molecule has 16 heavy (non-hydrogen) atoms. The zero-order valence-corrected chi connectivity index (χ0v) is 9.03. The van der Waals surface area contributed by atoms with Crippen molar-refractivity contribution in [3.8, 4) is 0 Å². The summed E-state index contributed by atoms with van der Waals surface area (Å²) in [5.41, 5.74) is -0.0435. The van der Waals surface area contributed by atoms with Gasteiger partial charge in [-0.15, -0.1) is 0 Å². The van der Waals surface area contributed by atoms with E-state index in [1.807, 2.05) is 0 Å². The standard InChI is InChI=1S/C12H13FO3/c1-2-16-12(15)8-11(14)9-6-4-3-5-7-10(9)13/h3-6H,2,7-8H2,1H3. The number of ketones is 1. The Balaban J connectivity index is 2.70. The van der Waals surface area contributed by atoms with Crippen LogP contribution in [0.4, 0.5) is 4.39 Å². The monoisotopic (exact) mass is 224 g/mol. The van der Waals surface area contributed by atoms with E-state index < -0.39 is 24.0 Å². The second kappa shape index (κ2) is 6.00. The molecule has 0 saturated carbocycles. The van der Waals surface area contributed by atoms with Gasteiger partial charge in [-0.25, -0.2) is 4.39 Å². The number of rotatable bonds is 4. The van der Waals surface area contributed by atoms with Gasteiger partial charge >= 0.3 is 5.97 Å². The van der Waals surface area contributed by atoms with E-state index in [4.69, 9.17) is 0 Å². The van der Waals surface area contributed by atoms with Crippen molar-refractivity contribution >= 4 is 11.8 Å². The molecule has 3 nitrogen and oxygen atoms in total. The topological polar surface area (TPSA) is 43.4 Å². The lowest BCUT2D eigenvalue weighted by molar-refractivity contribution is -0.144. The molecule has 0 heterocycles. The number of esters is 1. The van der Waals surface area contributed by atoms with Crippen LogP contribution in [0, 0.1) is 0 Å². The Labute approximate surface area is 93.3 Å². The maximum Gasteiger partial charge on any atom is 0.313 e. The number of hydrogen-bond donors (Lipinski definition) is 0. The first-order chi connectivity index (χ1) is 7.65. The van der Waals surface area contributed by atoms with Crippen LogP contribution < -0.4 is 0 Å². The van der Waals surface area contributed by atoms with Gasteiger partial charge in [-0.3, -0.25) is 9.59 Å². The number of allylic oxidation sites excluding steroid dienone is 6. The molecule has 0 bridgehead atoms. The van der Waals surface area contributed by atoms with Crippen molar-refractivity contribution in [2.75, 3.05) is 6.61 Å². The van der Waals surface area contributed by atoms with Crippen LogP contribution in [0.15, 0.2) is 35.7 Å². The first kappa shape index (κ1) is 12.4. The first-order valence-electron chi connectivity index (χ1n) is 5.05. The molecule has 1 rings (SSSR count). The van der Waals surface area contributed by atoms with Gasteiger partial charge < -0.3 is 4.74 Å². The predicted molar refractivity (Wildman–Crippen MR) is 57.3 cm³/mol. The van der Waals surface area contributed by atoms with Crippen molar-refractivity contribution in [1.29, 1.82) is 0 Å². The largest absolute Gasteiger partial charge is 0.466 e. The van der Waals surface area contributed by atoms with E-state index in [1.165, 1.54) is 6.08 Å². The Hall–Kier alpha value is -1.71. The average molecular weight is 224 g/mol. The Morgan fingerprint density at radius 2 is 2.19 bits per heavy atom. The zero-order chi connectivity index (χ0) is 12.0. The van der Waals surface area contributed by atoms with Crippen LogP contribution in [0.1, 0.15) is 19.8 Å². The van der Waals surface area contributed by atoms with Crippen molar-refractivity contribution in [1.82, 2.24) is 0 Å². The van der Waals surface area contributed by atoms with Crippen LogP contribution in [0.3, 0.4) is 0 Å². The molecule has 0 radical (unpaired) electrons. The predicted octanol–water partition coefficient (Wildman–Crippen LogP) is 2.25. The van der Waals surface area contributed by atoms with E-state index >= 15 is 0 Å². The van der Waals surface area contributed by atoms with Crippen LogP contribution in [0.2, 0.25) is 0 Å². The van der Waals surface area contributed by atoms with E-state index in [0.717, 1.165) is 0 Å². The number of carbonyl (C=O) groups excluding carboxylic acids is 2. The van der Waals surface area contributed by atoms with Crippen LogP contribution >= 0.6 is 0 Å². The minimum absolute atomic E-state index is 0.0435. The van der Waals surface area contributed by atoms with Crippen molar-refractivity contribution < 1.29 is 18.7 Å². The molecule has 0 fully saturated rings. The van der Waals surface area contributed by atoms with Crippen LogP contribution in [0.5, 0.6) is 0 Å². The van der Waals surface area contributed by atoms with E-state index in [1.54, 1.807) is 25.2 Å². The van der Waals surface area contributed by atoms with Crippen molar-refractivity contribution in [3.63, 3.8) is 0 Å². The summed E-state index contributed by atoms with van der Waals surface area (Å²) < 4.78 is 18.0. The molecular weight excluding hydrogens is 211 g/mol. The summed E-state index contributed by atoms with van der Waals surface area (Å²) in [5.74, 6) is -1.69. The fourth-order valence-corrected chi connectivity index (χ4v) is 1.28. The minimum Gasteiger partial charge on any atom is -0.466 e. The van der Waals surface area contributed by atoms with Gasteiger partial charge in [0.2, 0.25) is 0 Å². The van der Waals surface area contributed by atoms with Gasteiger partial charge in [-0.1, -0.05) is 18.2 Å². The fraction of sp³-hybridized carbons (Fsp3) is 0.333. The van der Waals surface area contributed by atoms with E-state index in [9.17, 15) is 14.0 Å². The molecule has 0 saturated heterocycles. The molecule has 1 aliphatic rings. The van der Waals surface area contributed by atoms with Crippen LogP contribution in [-0.2, 0) is 14.3 Å². The second-order valence-corrected chi connectivity index (χ2v) is 3.21. The van der Waals surface area contributed by atoms with Crippen LogP contribution in [0.25, 0.3) is 0 Å². The maximum atomic E-state index is 13.4. The summed E-state index contributed by atoms with van der Waals surface area (Å²) in [7, 11) is 0. The number of halogens is 1. The Bertz CT molecular complexity index is 378. The van der Waals surface area contributed by atoms with Gasteiger partial charge in [-0.05, 0) is 13.0 Å². The van der Waals surface area contributed by atoms with E-state index in [-0.39, 0.29) is 18.6 Å². The SMILES string of the molecule is CCOC(=O)CC(=O)C1=C(F)CC=CC=C1. The summed E-state index contributed by atoms with van der Waals surface area (Å²) in [6.45, 7) is 1.86. The number of ether oxygens (including phenoxy) is 1. The summed E-state index contributed by atoms with van der Waals surface area (Å²) in [6, 6.07) is 0. The van der Waals surface area contributed by atoms with Crippen molar-refractivity contribution in [2.24, 2.45) is 0 Å². The highest BCUT2D eigenvalue weighted by Gasteiger charge is 2.17. The van der Waals surface area contributed by atoms with Gasteiger partial charge in [0, 0.05) is 12.0 Å². The lowest BCUT2D eigenvalue weighted by atomic mass is 10.1. The lowest BCUT2D eigenvalue weighted by Crippen LogP contribution is -2.12. The quantitative estimate of drug-likeness (QED) is 0.543. The third kappa shape index (κ3) is 3.46. The summed E-state index contributed by atoms with van der Waals surface area (Å²) >= 11 is 0. The molecule has 86 valence electrons. The van der Waals surface area contributed by atoms with Gasteiger partial charge in [0.15, 0.2) is 5.78 Å². The summed E-state index contributed by atoms with van der Waals surface area (Å²) in [5, 5.41) is 0. The molecule has 0 aromatic heterocycles.